The van der Waals surface area contributed by atoms with Gasteiger partial charge in [-0.2, -0.15) is 4.98 Å². The van der Waals surface area contributed by atoms with Crippen LogP contribution >= 0.6 is 0 Å². The van der Waals surface area contributed by atoms with Gasteiger partial charge in [0.25, 0.3) is 0 Å². The van der Waals surface area contributed by atoms with E-state index in [9.17, 15) is 0 Å². The second-order valence-corrected chi connectivity index (χ2v) is 7.91. The zero-order valence-electron chi connectivity index (χ0n) is 16.9. The van der Waals surface area contributed by atoms with Crippen molar-refractivity contribution >= 4 is 11.8 Å². The maximum atomic E-state index is 5.92. The minimum Gasteiger partial charge on any atom is -0.377 e. The molecule has 0 aromatic carbocycles. The molecular formula is C20H35N5O. The van der Waals surface area contributed by atoms with E-state index in [1.165, 1.54) is 32.1 Å². The first-order chi connectivity index (χ1) is 12.6. The van der Waals surface area contributed by atoms with Crippen LogP contribution in [0.3, 0.4) is 0 Å². The summed E-state index contributed by atoms with van der Waals surface area (Å²) < 4.78 is 5.92. The Labute approximate surface area is 158 Å². The van der Waals surface area contributed by atoms with E-state index in [0.29, 0.717) is 12.1 Å². The molecule has 26 heavy (non-hydrogen) atoms. The molecule has 0 spiro atoms. The van der Waals surface area contributed by atoms with Crippen molar-refractivity contribution in [2.24, 2.45) is 0 Å². The lowest BCUT2D eigenvalue weighted by Crippen LogP contribution is -2.46. The van der Waals surface area contributed by atoms with Crippen molar-refractivity contribution in [2.75, 3.05) is 57.2 Å². The standard InChI is InChI=1S/C20H35N5O/c1-5-16-14-19(22-20(21-16)23(2)3)25-11-9-17(10-12-25)24(4)15-18-8-6-7-13-26-18/h14,17-18H,5-13,15H2,1-4H3/t18-/m1/s1. The second-order valence-electron chi connectivity index (χ2n) is 7.91. The third-order valence-corrected chi connectivity index (χ3v) is 5.69. The van der Waals surface area contributed by atoms with Crippen molar-refractivity contribution in [1.29, 1.82) is 0 Å². The predicted octanol–water partition coefficient (Wildman–Crippen LogP) is 2.57. The largest absolute Gasteiger partial charge is 0.377 e. The highest BCUT2D eigenvalue weighted by Crippen LogP contribution is 2.24. The monoisotopic (exact) mass is 361 g/mol. The highest BCUT2D eigenvalue weighted by Gasteiger charge is 2.26. The molecule has 2 aliphatic heterocycles. The normalized spacial score (nSPS) is 22.0. The molecule has 0 saturated carbocycles. The van der Waals surface area contributed by atoms with Crippen LogP contribution in [0.2, 0.25) is 0 Å². The molecule has 0 radical (unpaired) electrons. The van der Waals surface area contributed by atoms with E-state index in [-0.39, 0.29) is 0 Å². The summed E-state index contributed by atoms with van der Waals surface area (Å²) >= 11 is 0. The highest BCUT2D eigenvalue weighted by atomic mass is 16.5. The summed E-state index contributed by atoms with van der Waals surface area (Å²) in [5.74, 6) is 1.89. The number of anilines is 2. The van der Waals surface area contributed by atoms with E-state index in [2.05, 4.69) is 34.8 Å². The van der Waals surface area contributed by atoms with Crippen molar-refractivity contribution in [3.63, 3.8) is 0 Å². The highest BCUT2D eigenvalue weighted by molar-refractivity contribution is 5.46. The van der Waals surface area contributed by atoms with Gasteiger partial charge >= 0.3 is 0 Å². The van der Waals surface area contributed by atoms with E-state index in [1.807, 2.05) is 19.0 Å². The molecule has 0 N–H and O–H groups in total. The van der Waals surface area contributed by atoms with Gasteiger partial charge in [-0.1, -0.05) is 6.92 Å². The van der Waals surface area contributed by atoms with Crippen molar-refractivity contribution in [3.05, 3.63) is 11.8 Å². The summed E-state index contributed by atoms with van der Waals surface area (Å²) in [5, 5.41) is 0. The number of hydrogen-bond acceptors (Lipinski definition) is 6. The average Bonchev–Trinajstić information content (AvgIpc) is 2.68. The fourth-order valence-corrected chi connectivity index (χ4v) is 3.97. The molecular weight excluding hydrogens is 326 g/mol. The first-order valence-electron chi connectivity index (χ1n) is 10.2. The molecule has 1 atom stereocenters. The second kappa shape index (κ2) is 9.00. The average molecular weight is 362 g/mol. The predicted molar refractivity (Wildman–Crippen MR) is 107 cm³/mol. The van der Waals surface area contributed by atoms with E-state index in [4.69, 9.17) is 9.72 Å². The molecule has 1 aromatic heterocycles. The molecule has 3 rings (SSSR count). The topological polar surface area (TPSA) is 44.7 Å². The molecule has 6 heteroatoms. The van der Waals surface area contributed by atoms with E-state index < -0.39 is 0 Å². The molecule has 1 aromatic rings. The van der Waals surface area contributed by atoms with Crippen LogP contribution in [0.15, 0.2) is 6.07 Å². The third-order valence-electron chi connectivity index (χ3n) is 5.69. The Morgan fingerprint density at radius 1 is 1.12 bits per heavy atom. The number of aryl methyl sites for hydroxylation is 1. The maximum absolute atomic E-state index is 5.92. The summed E-state index contributed by atoms with van der Waals surface area (Å²) in [6.07, 6.45) is 7.51. The summed E-state index contributed by atoms with van der Waals surface area (Å²) in [4.78, 5) is 16.3. The van der Waals surface area contributed by atoms with Gasteiger partial charge in [-0.05, 0) is 45.6 Å². The van der Waals surface area contributed by atoms with Crippen molar-refractivity contribution in [1.82, 2.24) is 14.9 Å². The summed E-state index contributed by atoms with van der Waals surface area (Å²) in [6.45, 7) is 6.29. The molecule has 2 fully saturated rings. The number of likely N-dealkylation sites (N-methyl/N-ethyl adjacent to an activating group) is 1. The van der Waals surface area contributed by atoms with Gasteiger partial charge in [0.1, 0.15) is 5.82 Å². The Bertz CT molecular complexity index is 565. The lowest BCUT2D eigenvalue weighted by Gasteiger charge is -2.39. The Hall–Kier alpha value is -1.40. The van der Waals surface area contributed by atoms with Crippen LogP contribution in [-0.2, 0) is 11.2 Å². The van der Waals surface area contributed by atoms with Gasteiger partial charge < -0.3 is 19.4 Å². The Morgan fingerprint density at radius 2 is 1.88 bits per heavy atom. The van der Waals surface area contributed by atoms with Gasteiger partial charge in [-0.15, -0.1) is 0 Å². The minimum atomic E-state index is 0.434. The number of aromatic nitrogens is 2. The molecule has 3 heterocycles. The number of hydrogen-bond donors (Lipinski definition) is 0. The lowest BCUT2D eigenvalue weighted by atomic mass is 10.0. The van der Waals surface area contributed by atoms with Gasteiger partial charge in [0.15, 0.2) is 0 Å². The van der Waals surface area contributed by atoms with Gasteiger partial charge in [-0.3, -0.25) is 0 Å². The van der Waals surface area contributed by atoms with Crippen LogP contribution in [0, 0.1) is 0 Å². The molecule has 6 nitrogen and oxygen atoms in total. The van der Waals surface area contributed by atoms with E-state index >= 15 is 0 Å². The van der Waals surface area contributed by atoms with Crippen LogP contribution in [0.1, 0.15) is 44.7 Å². The fourth-order valence-electron chi connectivity index (χ4n) is 3.97. The van der Waals surface area contributed by atoms with Crippen molar-refractivity contribution in [3.8, 4) is 0 Å². The number of nitrogens with zero attached hydrogens (tertiary/aromatic N) is 5. The molecule has 0 unspecified atom stereocenters. The molecule has 2 aliphatic rings. The molecule has 0 aliphatic carbocycles. The van der Waals surface area contributed by atoms with E-state index in [0.717, 1.165) is 50.1 Å². The Balaban J connectivity index is 1.57. The zero-order valence-corrected chi connectivity index (χ0v) is 16.9. The van der Waals surface area contributed by atoms with Crippen LogP contribution in [0.5, 0.6) is 0 Å². The zero-order chi connectivity index (χ0) is 18.5. The van der Waals surface area contributed by atoms with Gasteiger partial charge in [0.2, 0.25) is 5.95 Å². The van der Waals surface area contributed by atoms with Crippen LogP contribution in [0.4, 0.5) is 11.8 Å². The molecule has 0 amide bonds. The van der Waals surface area contributed by atoms with Gasteiger partial charge in [-0.25, -0.2) is 4.98 Å². The lowest BCUT2D eigenvalue weighted by molar-refractivity contribution is -0.00985. The summed E-state index contributed by atoms with van der Waals surface area (Å²) in [5.41, 5.74) is 1.12. The molecule has 146 valence electrons. The van der Waals surface area contributed by atoms with Crippen molar-refractivity contribution in [2.45, 2.75) is 57.6 Å². The molecule has 2 saturated heterocycles. The number of rotatable bonds is 6. The van der Waals surface area contributed by atoms with Crippen LogP contribution in [-0.4, -0.2) is 74.4 Å². The van der Waals surface area contributed by atoms with Crippen molar-refractivity contribution < 1.29 is 4.74 Å². The third kappa shape index (κ3) is 4.86. The minimum absolute atomic E-state index is 0.434. The fraction of sp³-hybridized carbons (Fsp3) is 0.800. The first-order valence-corrected chi connectivity index (χ1v) is 10.2. The smallest absolute Gasteiger partial charge is 0.227 e. The number of ether oxygens (including phenoxy) is 1. The quantitative estimate of drug-likeness (QED) is 0.776. The Morgan fingerprint density at radius 3 is 2.50 bits per heavy atom. The van der Waals surface area contributed by atoms with Crippen LogP contribution < -0.4 is 9.80 Å². The maximum Gasteiger partial charge on any atom is 0.227 e. The van der Waals surface area contributed by atoms with Gasteiger partial charge in [0.05, 0.1) is 6.10 Å². The SMILES string of the molecule is CCc1cc(N2CCC(N(C)C[C@H]3CCCCO3)CC2)nc(N(C)C)n1. The van der Waals surface area contributed by atoms with Gasteiger partial charge in [0, 0.05) is 58.1 Å². The Kier molecular flexibility index (Phi) is 6.70. The first kappa shape index (κ1) is 19.4. The molecule has 0 bridgehead atoms. The van der Waals surface area contributed by atoms with E-state index in [1.54, 1.807) is 0 Å². The summed E-state index contributed by atoms with van der Waals surface area (Å²) in [7, 11) is 6.28. The van der Waals surface area contributed by atoms with Crippen LogP contribution in [0.25, 0.3) is 0 Å². The summed E-state index contributed by atoms with van der Waals surface area (Å²) in [6, 6.07) is 2.81. The number of piperidine rings is 1.